The van der Waals surface area contributed by atoms with Crippen LogP contribution in [-0.4, -0.2) is 25.0 Å². The molecule has 0 fully saturated rings. The SMILES string of the molecule is CN(C)C([NH])=N. The Morgan fingerprint density at radius 1 is 1.50 bits per heavy atom. The molecular weight excluding hydrogens is 78.1 g/mol. The fourth-order valence-corrected chi connectivity index (χ4v) is 0. The molecule has 3 heteroatoms. The van der Waals surface area contributed by atoms with Crippen LogP contribution in [0.5, 0.6) is 0 Å². The summed E-state index contributed by atoms with van der Waals surface area (Å²) in [4.78, 5) is 1.42. The summed E-state index contributed by atoms with van der Waals surface area (Å²) >= 11 is 0. The van der Waals surface area contributed by atoms with Gasteiger partial charge in [-0.2, -0.15) is 0 Å². The van der Waals surface area contributed by atoms with Gasteiger partial charge in [-0.3, -0.25) is 11.1 Å². The van der Waals surface area contributed by atoms with Crippen LogP contribution in [0.3, 0.4) is 0 Å². The minimum atomic E-state index is -0.157. The summed E-state index contributed by atoms with van der Waals surface area (Å²) in [5.41, 5.74) is 6.54. The molecule has 0 aliphatic heterocycles. The topological polar surface area (TPSA) is 50.9 Å². The molecule has 35 valence electrons. The second-order valence-corrected chi connectivity index (χ2v) is 1.24. The molecule has 0 aromatic carbocycles. The zero-order valence-corrected chi connectivity index (χ0v) is 3.95. The Kier molecular flexibility index (Phi) is 1.44. The predicted octanol–water partition coefficient (Wildman–Crippen LogP) is -0.234. The van der Waals surface area contributed by atoms with E-state index in [-0.39, 0.29) is 5.96 Å². The zero-order chi connectivity index (χ0) is 5.15. The second-order valence-electron chi connectivity index (χ2n) is 1.24. The molecule has 3 nitrogen and oxygen atoms in total. The molecular formula is C3H8N3. The normalized spacial score (nSPS) is 7.67. The van der Waals surface area contributed by atoms with Gasteiger partial charge < -0.3 is 4.90 Å². The van der Waals surface area contributed by atoms with Crippen molar-refractivity contribution in [3.05, 3.63) is 0 Å². The molecule has 0 heterocycles. The van der Waals surface area contributed by atoms with Gasteiger partial charge in [0.1, 0.15) is 0 Å². The lowest BCUT2D eigenvalue weighted by atomic mass is 10.8. The van der Waals surface area contributed by atoms with Crippen molar-refractivity contribution >= 4 is 5.96 Å². The number of hydrogen-bond acceptors (Lipinski definition) is 1. The van der Waals surface area contributed by atoms with Gasteiger partial charge in [0.25, 0.3) is 0 Å². The van der Waals surface area contributed by atoms with Crippen molar-refractivity contribution in [2.24, 2.45) is 0 Å². The van der Waals surface area contributed by atoms with Gasteiger partial charge in [0.05, 0.1) is 0 Å². The molecule has 2 N–H and O–H groups in total. The maximum absolute atomic E-state index is 6.54. The highest BCUT2D eigenvalue weighted by Crippen LogP contribution is 1.65. The van der Waals surface area contributed by atoms with Crippen molar-refractivity contribution < 1.29 is 0 Å². The summed E-state index contributed by atoms with van der Waals surface area (Å²) in [7, 11) is 3.32. The number of rotatable bonds is 0. The van der Waals surface area contributed by atoms with Crippen LogP contribution >= 0.6 is 0 Å². The van der Waals surface area contributed by atoms with Gasteiger partial charge in [-0.25, -0.2) is 0 Å². The van der Waals surface area contributed by atoms with Gasteiger partial charge >= 0.3 is 0 Å². The third-order valence-electron chi connectivity index (χ3n) is 0.447. The molecule has 0 atom stereocenters. The summed E-state index contributed by atoms with van der Waals surface area (Å²) in [5, 5.41) is 6.54. The summed E-state index contributed by atoms with van der Waals surface area (Å²) in [5.74, 6) is -0.157. The molecule has 0 aliphatic rings. The Hall–Kier alpha value is -0.730. The minimum Gasteiger partial charge on any atom is -0.348 e. The van der Waals surface area contributed by atoms with Crippen molar-refractivity contribution in [1.82, 2.24) is 10.6 Å². The average molecular weight is 86.1 g/mol. The van der Waals surface area contributed by atoms with Crippen LogP contribution in [0.2, 0.25) is 0 Å². The van der Waals surface area contributed by atoms with Crippen LogP contribution in [0, 0.1) is 5.41 Å². The molecule has 0 bridgehead atoms. The molecule has 6 heavy (non-hydrogen) atoms. The Bertz CT molecular complexity index is 57.1. The molecule has 1 radical (unpaired) electrons. The third-order valence-corrected chi connectivity index (χ3v) is 0.447. The van der Waals surface area contributed by atoms with E-state index in [0.29, 0.717) is 0 Å². The number of nitrogens with one attached hydrogen (secondary N) is 2. The molecule has 0 aromatic rings. The molecule has 0 amide bonds. The lowest BCUT2D eigenvalue weighted by Gasteiger charge is -2.04. The summed E-state index contributed by atoms with van der Waals surface area (Å²) < 4.78 is 0. The predicted molar refractivity (Wildman–Crippen MR) is 24.5 cm³/mol. The van der Waals surface area contributed by atoms with Crippen LogP contribution in [-0.2, 0) is 0 Å². The van der Waals surface area contributed by atoms with Gasteiger partial charge in [0.2, 0.25) is 5.96 Å². The maximum Gasteiger partial charge on any atom is 0.209 e. The zero-order valence-electron chi connectivity index (χ0n) is 3.95. The Morgan fingerprint density at radius 2 is 1.67 bits per heavy atom. The van der Waals surface area contributed by atoms with Crippen LogP contribution in [0.1, 0.15) is 0 Å². The monoisotopic (exact) mass is 86.1 g/mol. The summed E-state index contributed by atoms with van der Waals surface area (Å²) in [6.07, 6.45) is 0. The smallest absolute Gasteiger partial charge is 0.209 e. The van der Waals surface area contributed by atoms with Crippen molar-refractivity contribution in [2.45, 2.75) is 0 Å². The highest BCUT2D eigenvalue weighted by molar-refractivity contribution is 5.72. The molecule has 0 saturated heterocycles. The number of nitrogens with zero attached hydrogens (tertiary/aromatic N) is 1. The van der Waals surface area contributed by atoms with E-state index in [0.717, 1.165) is 0 Å². The lowest BCUT2D eigenvalue weighted by Crippen LogP contribution is -2.20. The van der Waals surface area contributed by atoms with E-state index < -0.39 is 0 Å². The fourth-order valence-electron chi connectivity index (χ4n) is 0. The van der Waals surface area contributed by atoms with E-state index in [1.54, 1.807) is 14.1 Å². The van der Waals surface area contributed by atoms with E-state index in [4.69, 9.17) is 11.1 Å². The van der Waals surface area contributed by atoms with Gasteiger partial charge in [-0.15, -0.1) is 0 Å². The van der Waals surface area contributed by atoms with E-state index >= 15 is 0 Å². The molecule has 0 rings (SSSR count). The molecule has 0 aliphatic carbocycles. The largest absolute Gasteiger partial charge is 0.348 e. The van der Waals surface area contributed by atoms with Crippen LogP contribution < -0.4 is 5.73 Å². The summed E-state index contributed by atoms with van der Waals surface area (Å²) in [6.45, 7) is 0. The van der Waals surface area contributed by atoms with E-state index in [1.165, 1.54) is 4.90 Å². The standard InChI is InChI=1S/C3H8N3/c1-6(2)3(4)5/h4-5H,1-2H3. The quantitative estimate of drug-likeness (QED) is 0.321. The third kappa shape index (κ3) is 1.58. The van der Waals surface area contributed by atoms with Gasteiger partial charge in [0.15, 0.2) is 0 Å². The molecule has 0 unspecified atom stereocenters. The first-order chi connectivity index (χ1) is 2.64. The average Bonchev–Trinajstić information content (AvgIpc) is 1.36. The Balaban J connectivity index is 3.26. The fraction of sp³-hybridized carbons (Fsp3) is 0.667. The van der Waals surface area contributed by atoms with Gasteiger partial charge in [0, 0.05) is 14.1 Å². The van der Waals surface area contributed by atoms with E-state index in [2.05, 4.69) is 0 Å². The number of hydrogen-bond donors (Lipinski definition) is 1. The first-order valence-corrected chi connectivity index (χ1v) is 1.62. The highest BCUT2D eigenvalue weighted by Gasteiger charge is 1.84. The van der Waals surface area contributed by atoms with E-state index in [1.807, 2.05) is 0 Å². The minimum absolute atomic E-state index is 0.157. The Labute approximate surface area is 37.3 Å². The van der Waals surface area contributed by atoms with Gasteiger partial charge in [-0.1, -0.05) is 0 Å². The van der Waals surface area contributed by atoms with E-state index in [9.17, 15) is 0 Å². The van der Waals surface area contributed by atoms with Crippen molar-refractivity contribution in [1.29, 1.82) is 5.41 Å². The summed E-state index contributed by atoms with van der Waals surface area (Å²) in [6, 6.07) is 0. The van der Waals surface area contributed by atoms with Crippen LogP contribution in [0.25, 0.3) is 0 Å². The molecule has 0 saturated carbocycles. The second kappa shape index (κ2) is 1.64. The number of guanidine groups is 1. The van der Waals surface area contributed by atoms with Crippen molar-refractivity contribution in [3.63, 3.8) is 0 Å². The van der Waals surface area contributed by atoms with Crippen molar-refractivity contribution in [3.8, 4) is 0 Å². The first-order valence-electron chi connectivity index (χ1n) is 1.62. The van der Waals surface area contributed by atoms with Gasteiger partial charge in [-0.05, 0) is 0 Å². The van der Waals surface area contributed by atoms with Crippen LogP contribution in [0.4, 0.5) is 0 Å². The Morgan fingerprint density at radius 3 is 1.67 bits per heavy atom. The lowest BCUT2D eigenvalue weighted by molar-refractivity contribution is 0.606. The molecule has 0 aromatic heterocycles. The van der Waals surface area contributed by atoms with Crippen molar-refractivity contribution in [2.75, 3.05) is 14.1 Å². The highest BCUT2D eigenvalue weighted by atomic mass is 15.2. The first kappa shape index (κ1) is 5.27. The maximum atomic E-state index is 6.54. The van der Waals surface area contributed by atoms with Crippen LogP contribution in [0.15, 0.2) is 0 Å². The molecule has 0 spiro atoms.